The van der Waals surface area contributed by atoms with Crippen molar-refractivity contribution in [3.63, 3.8) is 0 Å². The second kappa shape index (κ2) is 3.97. The summed E-state index contributed by atoms with van der Waals surface area (Å²) in [5.74, 6) is 0.758. The van der Waals surface area contributed by atoms with Crippen LogP contribution in [0, 0.1) is 5.41 Å². The highest BCUT2D eigenvalue weighted by molar-refractivity contribution is 5.27. The van der Waals surface area contributed by atoms with Gasteiger partial charge in [-0.3, -0.25) is 0 Å². The summed E-state index contributed by atoms with van der Waals surface area (Å²) in [6, 6.07) is 11.5. The third-order valence-corrected chi connectivity index (χ3v) is 2.91. The van der Waals surface area contributed by atoms with E-state index >= 15 is 0 Å². The summed E-state index contributed by atoms with van der Waals surface area (Å²) in [4.78, 5) is 0. The third kappa shape index (κ3) is 3.07. The first-order valence-electron chi connectivity index (χ1n) is 5.84. The Labute approximate surface area is 92.9 Å². The van der Waals surface area contributed by atoms with Crippen LogP contribution in [0.1, 0.15) is 38.7 Å². The summed E-state index contributed by atoms with van der Waals surface area (Å²) in [5, 5.41) is 3.65. The molecule has 1 saturated carbocycles. The van der Waals surface area contributed by atoms with Crippen molar-refractivity contribution in [3.8, 4) is 0 Å². The van der Waals surface area contributed by atoms with E-state index in [1.807, 2.05) is 0 Å². The zero-order chi connectivity index (χ0) is 10.9. The molecule has 0 saturated heterocycles. The molecule has 1 fully saturated rings. The Morgan fingerprint density at radius 3 is 2.47 bits per heavy atom. The van der Waals surface area contributed by atoms with Gasteiger partial charge in [0.25, 0.3) is 0 Å². The molecule has 1 aliphatic carbocycles. The van der Waals surface area contributed by atoms with Crippen LogP contribution in [0.2, 0.25) is 0 Å². The van der Waals surface area contributed by atoms with Gasteiger partial charge in [0.1, 0.15) is 0 Å². The van der Waals surface area contributed by atoms with Crippen molar-refractivity contribution in [1.29, 1.82) is 0 Å². The van der Waals surface area contributed by atoms with Crippen molar-refractivity contribution in [2.75, 3.05) is 6.54 Å². The predicted octanol–water partition coefficient (Wildman–Crippen LogP) is 3.18. The number of rotatable bonds is 3. The van der Waals surface area contributed by atoms with Crippen LogP contribution in [0.4, 0.5) is 0 Å². The predicted molar refractivity (Wildman–Crippen MR) is 65.0 cm³/mol. The lowest BCUT2D eigenvalue weighted by molar-refractivity contribution is 0.377. The number of benzene rings is 1. The molecule has 0 aliphatic heterocycles. The van der Waals surface area contributed by atoms with Crippen LogP contribution in [-0.2, 0) is 0 Å². The molecule has 0 unspecified atom stereocenters. The molecule has 15 heavy (non-hydrogen) atoms. The second-order valence-electron chi connectivity index (χ2n) is 5.80. The van der Waals surface area contributed by atoms with Crippen molar-refractivity contribution < 1.29 is 0 Å². The van der Waals surface area contributed by atoms with E-state index in [4.69, 9.17) is 0 Å². The minimum absolute atomic E-state index is 0.393. The molecule has 2 rings (SSSR count). The number of nitrogens with one attached hydrogen (secondary N) is 1. The summed E-state index contributed by atoms with van der Waals surface area (Å²) >= 11 is 0. The number of hydrogen-bond donors (Lipinski definition) is 1. The van der Waals surface area contributed by atoms with Gasteiger partial charge in [-0.05, 0) is 17.4 Å². The summed E-state index contributed by atoms with van der Waals surface area (Å²) in [6.07, 6.45) is 1.31. The monoisotopic (exact) mass is 203 g/mol. The lowest BCUT2D eigenvalue weighted by atomic mass is 9.97. The van der Waals surface area contributed by atoms with E-state index in [9.17, 15) is 0 Å². The molecule has 0 amide bonds. The first kappa shape index (κ1) is 10.7. The smallest absolute Gasteiger partial charge is 0.0143 e. The quantitative estimate of drug-likeness (QED) is 0.795. The van der Waals surface area contributed by atoms with Crippen molar-refractivity contribution in [2.45, 2.75) is 39.2 Å². The van der Waals surface area contributed by atoms with Crippen LogP contribution >= 0.6 is 0 Å². The summed E-state index contributed by atoms with van der Waals surface area (Å²) in [7, 11) is 0. The average Bonchev–Trinajstić information content (AvgIpc) is 2.94. The topological polar surface area (TPSA) is 12.0 Å². The Morgan fingerprint density at radius 2 is 1.87 bits per heavy atom. The maximum absolute atomic E-state index is 3.65. The van der Waals surface area contributed by atoms with E-state index < -0.39 is 0 Å². The van der Waals surface area contributed by atoms with E-state index in [1.165, 1.54) is 12.0 Å². The van der Waals surface area contributed by atoms with Crippen LogP contribution in [0.3, 0.4) is 0 Å². The maximum Gasteiger partial charge on any atom is 0.0143 e. The lowest BCUT2D eigenvalue weighted by Crippen LogP contribution is -2.29. The minimum Gasteiger partial charge on any atom is -0.313 e. The van der Waals surface area contributed by atoms with E-state index in [0.717, 1.165) is 12.5 Å². The van der Waals surface area contributed by atoms with Gasteiger partial charge in [-0.1, -0.05) is 51.1 Å². The molecule has 0 radical (unpaired) electrons. The highest BCUT2D eigenvalue weighted by atomic mass is 15.0. The fraction of sp³-hybridized carbons (Fsp3) is 0.571. The zero-order valence-electron chi connectivity index (χ0n) is 9.96. The molecular formula is C14H21N. The van der Waals surface area contributed by atoms with Gasteiger partial charge in [-0.2, -0.15) is 0 Å². The van der Waals surface area contributed by atoms with Crippen LogP contribution in [0.25, 0.3) is 0 Å². The van der Waals surface area contributed by atoms with Crippen LogP contribution in [0.5, 0.6) is 0 Å². The molecule has 0 spiro atoms. The Balaban J connectivity index is 1.82. The largest absolute Gasteiger partial charge is 0.313 e. The fourth-order valence-corrected chi connectivity index (χ4v) is 1.93. The molecule has 82 valence electrons. The van der Waals surface area contributed by atoms with E-state index in [0.29, 0.717) is 11.5 Å². The standard InChI is InChI=1S/C14H21N/c1-14(2,3)10-15-13-9-12(13)11-7-5-4-6-8-11/h4-8,12-13,15H,9-10H2,1-3H3/t12-,13+/m0/s1. The van der Waals surface area contributed by atoms with E-state index in [-0.39, 0.29) is 0 Å². The molecule has 1 aromatic rings. The lowest BCUT2D eigenvalue weighted by Gasteiger charge is -2.18. The first-order chi connectivity index (χ1) is 7.06. The Bertz CT molecular complexity index is 310. The molecule has 2 atom stereocenters. The van der Waals surface area contributed by atoms with Gasteiger partial charge in [0.2, 0.25) is 0 Å². The molecular weight excluding hydrogens is 182 g/mol. The SMILES string of the molecule is CC(C)(C)CN[C@@H]1C[C@H]1c1ccccc1. The van der Waals surface area contributed by atoms with Crippen molar-refractivity contribution in [2.24, 2.45) is 5.41 Å². The molecule has 0 bridgehead atoms. The molecule has 1 aliphatic rings. The summed E-state index contributed by atoms with van der Waals surface area (Å²) in [5.41, 5.74) is 1.88. The summed E-state index contributed by atoms with van der Waals surface area (Å²) in [6.45, 7) is 7.95. The van der Waals surface area contributed by atoms with Crippen molar-refractivity contribution in [3.05, 3.63) is 35.9 Å². The van der Waals surface area contributed by atoms with Crippen LogP contribution in [-0.4, -0.2) is 12.6 Å². The second-order valence-corrected chi connectivity index (χ2v) is 5.80. The maximum atomic E-state index is 3.65. The fourth-order valence-electron chi connectivity index (χ4n) is 1.93. The Kier molecular flexibility index (Phi) is 2.83. The van der Waals surface area contributed by atoms with Gasteiger partial charge >= 0.3 is 0 Å². The van der Waals surface area contributed by atoms with Gasteiger partial charge in [0, 0.05) is 18.5 Å². The Hall–Kier alpha value is -0.820. The zero-order valence-corrected chi connectivity index (χ0v) is 9.96. The van der Waals surface area contributed by atoms with Gasteiger partial charge in [0.05, 0.1) is 0 Å². The molecule has 1 aromatic carbocycles. The highest BCUT2D eigenvalue weighted by Gasteiger charge is 2.38. The molecule has 0 aromatic heterocycles. The van der Waals surface area contributed by atoms with Gasteiger partial charge in [-0.15, -0.1) is 0 Å². The molecule has 1 nitrogen and oxygen atoms in total. The Morgan fingerprint density at radius 1 is 1.20 bits per heavy atom. The van der Waals surface area contributed by atoms with Crippen molar-refractivity contribution in [1.82, 2.24) is 5.32 Å². The molecule has 1 heteroatoms. The highest BCUT2D eigenvalue weighted by Crippen LogP contribution is 2.40. The number of hydrogen-bond acceptors (Lipinski definition) is 1. The van der Waals surface area contributed by atoms with Crippen LogP contribution in [0.15, 0.2) is 30.3 Å². The van der Waals surface area contributed by atoms with Gasteiger partial charge < -0.3 is 5.32 Å². The summed E-state index contributed by atoms with van der Waals surface area (Å²) < 4.78 is 0. The van der Waals surface area contributed by atoms with E-state index in [2.05, 4.69) is 56.4 Å². The third-order valence-electron chi connectivity index (χ3n) is 2.91. The normalized spacial score (nSPS) is 25.3. The van der Waals surface area contributed by atoms with Crippen molar-refractivity contribution >= 4 is 0 Å². The van der Waals surface area contributed by atoms with Gasteiger partial charge in [0.15, 0.2) is 0 Å². The van der Waals surface area contributed by atoms with Crippen LogP contribution < -0.4 is 5.32 Å². The van der Waals surface area contributed by atoms with E-state index in [1.54, 1.807) is 0 Å². The van der Waals surface area contributed by atoms with Gasteiger partial charge in [-0.25, -0.2) is 0 Å². The first-order valence-corrected chi connectivity index (χ1v) is 5.84. The molecule has 0 heterocycles. The minimum atomic E-state index is 0.393. The average molecular weight is 203 g/mol. The molecule has 1 N–H and O–H groups in total.